The molecule has 1 amide bonds. The van der Waals surface area contributed by atoms with Gasteiger partial charge in [0, 0.05) is 17.2 Å². The zero-order valence-electron chi connectivity index (χ0n) is 16.2. The summed E-state index contributed by atoms with van der Waals surface area (Å²) >= 11 is 8.21. The molecule has 0 radical (unpaired) electrons. The number of aromatic nitrogens is 1. The second kappa shape index (κ2) is 9.11. The van der Waals surface area contributed by atoms with Gasteiger partial charge in [-0.25, -0.2) is 4.98 Å². The van der Waals surface area contributed by atoms with Crippen LogP contribution in [0.15, 0.2) is 41.3 Å². The highest BCUT2D eigenvalue weighted by Crippen LogP contribution is 2.30. The Morgan fingerprint density at radius 2 is 1.89 bits per heavy atom. The summed E-state index contributed by atoms with van der Waals surface area (Å²) in [5.41, 5.74) is 3.74. The molecule has 3 nitrogen and oxygen atoms in total. The summed E-state index contributed by atoms with van der Waals surface area (Å²) in [6, 6.07) is 12.0. The Hall–Kier alpha value is -1.52. The summed E-state index contributed by atoms with van der Waals surface area (Å²) in [5.74, 6) is 1.23. The van der Waals surface area contributed by atoms with Gasteiger partial charge < -0.3 is 4.90 Å². The average Bonchev–Trinajstić information content (AvgIpc) is 2.68. The third-order valence-electron chi connectivity index (χ3n) is 5.24. The molecule has 0 bridgehead atoms. The van der Waals surface area contributed by atoms with E-state index in [1.807, 2.05) is 12.1 Å². The Morgan fingerprint density at radius 3 is 2.59 bits per heavy atom. The molecule has 1 aliphatic heterocycles. The predicted molar refractivity (Wildman–Crippen MR) is 113 cm³/mol. The normalized spacial score (nSPS) is 19.9. The molecule has 0 saturated carbocycles. The van der Waals surface area contributed by atoms with Crippen molar-refractivity contribution in [3.63, 3.8) is 0 Å². The molecule has 0 N–H and O–H groups in total. The van der Waals surface area contributed by atoms with E-state index < -0.39 is 0 Å². The third-order valence-corrected chi connectivity index (χ3v) is 7.07. The van der Waals surface area contributed by atoms with Crippen LogP contribution in [0.3, 0.4) is 0 Å². The number of pyridine rings is 1. The van der Waals surface area contributed by atoms with Crippen molar-refractivity contribution in [1.29, 1.82) is 0 Å². The minimum absolute atomic E-state index is 0.0490. The topological polar surface area (TPSA) is 33.2 Å². The van der Waals surface area contributed by atoms with Crippen molar-refractivity contribution in [1.82, 2.24) is 9.88 Å². The second-order valence-corrected chi connectivity index (χ2v) is 8.76. The molecule has 2 heterocycles. The number of hydrogen-bond donors (Lipinski definition) is 0. The number of carbonyl (C=O) groups excluding carboxylic acids is 1. The second-order valence-electron chi connectivity index (χ2n) is 7.27. The van der Waals surface area contributed by atoms with Crippen molar-refractivity contribution in [2.24, 2.45) is 5.92 Å². The summed E-state index contributed by atoms with van der Waals surface area (Å²) < 4.78 is 0. The molecule has 2 atom stereocenters. The molecule has 3 rings (SSSR count). The number of alkyl halides is 1. The Bertz CT molecular complexity index is 790. The molecule has 1 fully saturated rings. The first-order valence-electron chi connectivity index (χ1n) is 9.59. The number of carbonyl (C=O) groups is 1. The van der Waals surface area contributed by atoms with E-state index in [2.05, 4.69) is 44.0 Å². The number of amides is 1. The van der Waals surface area contributed by atoms with Gasteiger partial charge in [-0.2, -0.15) is 0 Å². The first-order chi connectivity index (χ1) is 13.0. The summed E-state index contributed by atoms with van der Waals surface area (Å²) in [6.45, 7) is 7.16. The predicted octanol–water partition coefficient (Wildman–Crippen LogP) is 5.82. The lowest BCUT2D eigenvalue weighted by atomic mass is 9.95. The lowest BCUT2D eigenvalue weighted by Crippen LogP contribution is -2.44. The van der Waals surface area contributed by atoms with Crippen LogP contribution in [0, 0.1) is 19.8 Å². The van der Waals surface area contributed by atoms with Gasteiger partial charge in [0.15, 0.2) is 0 Å². The lowest BCUT2D eigenvalue weighted by molar-refractivity contribution is 0.0624. The van der Waals surface area contributed by atoms with Crippen LogP contribution in [0.2, 0.25) is 0 Å². The van der Waals surface area contributed by atoms with Crippen LogP contribution in [0.25, 0.3) is 0 Å². The fourth-order valence-electron chi connectivity index (χ4n) is 3.56. The average molecular weight is 403 g/mol. The van der Waals surface area contributed by atoms with Gasteiger partial charge in [0.05, 0.1) is 5.69 Å². The number of thioether (sulfide) groups is 1. The molecule has 1 aliphatic rings. The highest BCUT2D eigenvalue weighted by molar-refractivity contribution is 7.98. The Kier molecular flexibility index (Phi) is 6.83. The standard InChI is InChI=1S/C22H27ClN2OS/c1-4-17-11-12-20(23)25(13-17)22(26)19-10-6-9-18(24-19)14-27-21-15(2)7-5-8-16(21)3/h5-10,17,20H,4,11-14H2,1-3H3. The van der Waals surface area contributed by atoms with Crippen LogP contribution in [0.1, 0.15) is 53.5 Å². The zero-order valence-corrected chi connectivity index (χ0v) is 17.8. The van der Waals surface area contributed by atoms with Crippen LogP contribution in [0.4, 0.5) is 0 Å². The van der Waals surface area contributed by atoms with Gasteiger partial charge in [-0.3, -0.25) is 4.79 Å². The SMILES string of the molecule is CCC1CCC(Cl)N(C(=O)c2cccc(CSc3c(C)cccc3C)n2)C1. The maximum atomic E-state index is 13.0. The van der Waals surface area contributed by atoms with E-state index in [0.717, 1.165) is 37.3 Å². The molecule has 2 unspecified atom stereocenters. The van der Waals surface area contributed by atoms with Gasteiger partial charge in [-0.1, -0.05) is 49.2 Å². The zero-order chi connectivity index (χ0) is 19.4. The summed E-state index contributed by atoms with van der Waals surface area (Å²) in [6.07, 6.45) is 3.02. The summed E-state index contributed by atoms with van der Waals surface area (Å²) in [5, 5.41) is 0. The Balaban J connectivity index is 1.72. The molecule has 2 aromatic rings. The van der Waals surface area contributed by atoms with Crippen molar-refractivity contribution in [3.8, 4) is 0 Å². The molecule has 1 aromatic carbocycles. The molecule has 1 saturated heterocycles. The first kappa shape index (κ1) is 20.2. The van der Waals surface area contributed by atoms with E-state index in [4.69, 9.17) is 11.6 Å². The highest BCUT2D eigenvalue weighted by Gasteiger charge is 2.30. The monoisotopic (exact) mass is 402 g/mol. The molecule has 144 valence electrons. The Labute approximate surface area is 171 Å². The first-order valence-corrected chi connectivity index (χ1v) is 11.0. The number of likely N-dealkylation sites (tertiary alicyclic amines) is 1. The Morgan fingerprint density at radius 1 is 1.19 bits per heavy atom. The largest absolute Gasteiger partial charge is 0.321 e. The lowest BCUT2D eigenvalue weighted by Gasteiger charge is -2.36. The molecule has 27 heavy (non-hydrogen) atoms. The fraction of sp³-hybridized carbons (Fsp3) is 0.455. The van der Waals surface area contributed by atoms with E-state index in [0.29, 0.717) is 11.6 Å². The fourth-order valence-corrected chi connectivity index (χ4v) is 4.89. The third kappa shape index (κ3) is 4.85. The van der Waals surface area contributed by atoms with Crippen LogP contribution < -0.4 is 0 Å². The number of hydrogen-bond acceptors (Lipinski definition) is 3. The summed E-state index contributed by atoms with van der Waals surface area (Å²) in [7, 11) is 0. The maximum absolute atomic E-state index is 13.0. The van der Waals surface area contributed by atoms with Gasteiger partial charge in [0.25, 0.3) is 5.91 Å². The van der Waals surface area contributed by atoms with Gasteiger partial charge >= 0.3 is 0 Å². The molecular formula is C22H27ClN2OS. The van der Waals surface area contributed by atoms with Crippen molar-refractivity contribution in [2.75, 3.05) is 6.54 Å². The summed E-state index contributed by atoms with van der Waals surface area (Å²) in [4.78, 5) is 20.7. The molecule has 0 aliphatic carbocycles. The van der Waals surface area contributed by atoms with Crippen LogP contribution >= 0.6 is 23.4 Å². The number of piperidine rings is 1. The van der Waals surface area contributed by atoms with Gasteiger partial charge in [-0.05, 0) is 55.9 Å². The maximum Gasteiger partial charge on any atom is 0.273 e. The van der Waals surface area contributed by atoms with Gasteiger partial charge in [-0.15, -0.1) is 11.8 Å². The van der Waals surface area contributed by atoms with E-state index in [1.54, 1.807) is 22.7 Å². The minimum atomic E-state index is -0.227. The number of rotatable bonds is 5. The van der Waals surface area contributed by atoms with Crippen LogP contribution in [-0.2, 0) is 5.75 Å². The van der Waals surface area contributed by atoms with Gasteiger partial charge in [0.2, 0.25) is 0 Å². The minimum Gasteiger partial charge on any atom is -0.321 e. The van der Waals surface area contributed by atoms with Crippen molar-refractivity contribution in [3.05, 3.63) is 58.9 Å². The molecule has 0 spiro atoms. The molecule has 1 aromatic heterocycles. The number of halogens is 1. The van der Waals surface area contributed by atoms with Crippen molar-refractivity contribution < 1.29 is 4.79 Å². The number of aryl methyl sites for hydroxylation is 2. The van der Waals surface area contributed by atoms with E-state index in [9.17, 15) is 4.79 Å². The van der Waals surface area contributed by atoms with E-state index in [1.165, 1.54) is 16.0 Å². The molecular weight excluding hydrogens is 376 g/mol. The van der Waals surface area contributed by atoms with E-state index >= 15 is 0 Å². The van der Waals surface area contributed by atoms with Crippen LogP contribution in [-0.4, -0.2) is 27.8 Å². The number of benzene rings is 1. The number of nitrogens with zero attached hydrogens (tertiary/aromatic N) is 2. The van der Waals surface area contributed by atoms with Crippen molar-refractivity contribution in [2.45, 2.75) is 56.2 Å². The molecule has 5 heteroatoms. The van der Waals surface area contributed by atoms with E-state index in [-0.39, 0.29) is 11.4 Å². The highest BCUT2D eigenvalue weighted by atomic mass is 35.5. The van der Waals surface area contributed by atoms with Crippen molar-refractivity contribution >= 4 is 29.3 Å². The smallest absolute Gasteiger partial charge is 0.273 e. The van der Waals surface area contributed by atoms with Crippen LogP contribution in [0.5, 0.6) is 0 Å². The quantitative estimate of drug-likeness (QED) is 0.359. The van der Waals surface area contributed by atoms with Gasteiger partial charge in [0.1, 0.15) is 11.2 Å².